The highest BCUT2D eigenvalue weighted by atomic mass is 16.3. The summed E-state index contributed by atoms with van der Waals surface area (Å²) in [7, 11) is 0. The largest absolute Gasteiger partial charge is 0.508 e. The third-order valence-electron chi connectivity index (χ3n) is 2.99. The lowest BCUT2D eigenvalue weighted by Gasteiger charge is -2.16. The molecule has 0 radical (unpaired) electrons. The van der Waals surface area contributed by atoms with Crippen LogP contribution in [0, 0.1) is 5.92 Å². The van der Waals surface area contributed by atoms with Crippen LogP contribution in [0.1, 0.15) is 23.2 Å². The summed E-state index contributed by atoms with van der Waals surface area (Å²) in [6, 6.07) is 3.81. The maximum Gasteiger partial charge on any atom is 0.255 e. The third-order valence-corrected chi connectivity index (χ3v) is 2.99. The van der Waals surface area contributed by atoms with Crippen molar-refractivity contribution >= 4 is 5.91 Å². The Hall–Kier alpha value is -1.75. The summed E-state index contributed by atoms with van der Waals surface area (Å²) in [6.07, 6.45) is 2.16. The van der Waals surface area contributed by atoms with Gasteiger partial charge in [0, 0.05) is 12.6 Å². The summed E-state index contributed by atoms with van der Waals surface area (Å²) in [6.45, 7) is 0.385. The van der Waals surface area contributed by atoms with E-state index in [0.29, 0.717) is 12.5 Å². The molecule has 0 saturated heterocycles. The van der Waals surface area contributed by atoms with E-state index in [9.17, 15) is 15.0 Å². The summed E-state index contributed by atoms with van der Waals surface area (Å²) >= 11 is 0. The number of aromatic hydroxyl groups is 2. The predicted octanol–water partition coefficient (Wildman–Crippen LogP) is 0.565. The van der Waals surface area contributed by atoms with Crippen LogP contribution in [0.2, 0.25) is 0 Å². The van der Waals surface area contributed by atoms with Gasteiger partial charge in [-0.3, -0.25) is 4.79 Å². The summed E-state index contributed by atoms with van der Waals surface area (Å²) in [5, 5.41) is 21.6. The number of nitrogens with one attached hydrogen (secondary N) is 1. The summed E-state index contributed by atoms with van der Waals surface area (Å²) in [5.41, 5.74) is 5.65. The highest BCUT2D eigenvalue weighted by molar-refractivity contribution is 5.97. The zero-order valence-electron chi connectivity index (χ0n) is 9.39. The first-order valence-electron chi connectivity index (χ1n) is 5.64. The lowest BCUT2D eigenvalue weighted by atomic mass is 10.1. The first-order valence-corrected chi connectivity index (χ1v) is 5.64. The maximum atomic E-state index is 11.9. The van der Waals surface area contributed by atoms with Gasteiger partial charge >= 0.3 is 0 Å². The number of rotatable bonds is 4. The minimum Gasteiger partial charge on any atom is -0.508 e. The van der Waals surface area contributed by atoms with Gasteiger partial charge in [-0.1, -0.05) is 0 Å². The van der Waals surface area contributed by atoms with Gasteiger partial charge in [0.15, 0.2) is 0 Å². The summed E-state index contributed by atoms with van der Waals surface area (Å²) in [4.78, 5) is 11.9. The number of benzene rings is 1. The van der Waals surface area contributed by atoms with E-state index in [4.69, 9.17) is 5.73 Å². The van der Waals surface area contributed by atoms with Crippen molar-refractivity contribution in [1.29, 1.82) is 0 Å². The zero-order chi connectivity index (χ0) is 12.4. The van der Waals surface area contributed by atoms with Gasteiger partial charge in [0.25, 0.3) is 5.91 Å². The van der Waals surface area contributed by atoms with E-state index in [1.807, 2.05) is 0 Å². The molecule has 1 aliphatic rings. The molecule has 2 rings (SSSR count). The smallest absolute Gasteiger partial charge is 0.255 e. The van der Waals surface area contributed by atoms with Crippen LogP contribution < -0.4 is 11.1 Å². The summed E-state index contributed by atoms with van der Waals surface area (Å²) in [5.74, 6) is -0.153. The first kappa shape index (κ1) is 11.7. The van der Waals surface area contributed by atoms with Crippen LogP contribution in [-0.4, -0.2) is 28.7 Å². The zero-order valence-corrected chi connectivity index (χ0v) is 9.39. The minimum atomic E-state index is -0.402. The maximum absolute atomic E-state index is 11.9. The van der Waals surface area contributed by atoms with Crippen LogP contribution in [0.3, 0.4) is 0 Å². The molecule has 1 unspecified atom stereocenters. The Balaban J connectivity index is 2.10. The molecule has 0 aromatic heterocycles. The summed E-state index contributed by atoms with van der Waals surface area (Å²) < 4.78 is 0. The lowest BCUT2D eigenvalue weighted by Crippen LogP contribution is -2.41. The molecule has 0 aliphatic heterocycles. The Labute approximate surface area is 99.3 Å². The molecule has 17 heavy (non-hydrogen) atoms. The fourth-order valence-corrected chi connectivity index (χ4v) is 1.82. The van der Waals surface area contributed by atoms with Crippen molar-refractivity contribution in [3.8, 4) is 11.5 Å². The number of carbonyl (C=O) groups is 1. The van der Waals surface area contributed by atoms with E-state index in [2.05, 4.69) is 5.32 Å². The standard InChI is InChI=1S/C12H16N2O3/c13-6-10(7-1-2-7)14-12(17)9-5-8(15)3-4-11(9)16/h3-5,7,10,15-16H,1-2,6,13H2,(H,14,17). The molecule has 0 heterocycles. The Morgan fingerprint density at radius 2 is 2.18 bits per heavy atom. The number of nitrogens with two attached hydrogens (primary N) is 1. The van der Waals surface area contributed by atoms with Gasteiger partial charge in [0.2, 0.25) is 0 Å². The van der Waals surface area contributed by atoms with Crippen molar-refractivity contribution in [1.82, 2.24) is 5.32 Å². The van der Waals surface area contributed by atoms with Crippen molar-refractivity contribution in [2.75, 3.05) is 6.54 Å². The quantitative estimate of drug-likeness (QED) is 0.574. The highest BCUT2D eigenvalue weighted by Crippen LogP contribution is 2.32. The highest BCUT2D eigenvalue weighted by Gasteiger charge is 2.31. The fraction of sp³-hybridized carbons (Fsp3) is 0.417. The van der Waals surface area contributed by atoms with Crippen molar-refractivity contribution < 1.29 is 15.0 Å². The van der Waals surface area contributed by atoms with Crippen LogP contribution in [0.5, 0.6) is 11.5 Å². The van der Waals surface area contributed by atoms with Gasteiger partial charge < -0.3 is 21.3 Å². The molecule has 5 nitrogen and oxygen atoms in total. The average Bonchev–Trinajstić information content (AvgIpc) is 3.13. The molecule has 5 N–H and O–H groups in total. The van der Waals surface area contributed by atoms with Gasteiger partial charge in [0.1, 0.15) is 11.5 Å². The number of amides is 1. The molecule has 1 atom stereocenters. The molecular weight excluding hydrogens is 220 g/mol. The molecule has 5 heteroatoms. The molecule has 1 aromatic carbocycles. The van der Waals surface area contributed by atoms with Crippen molar-refractivity contribution in [2.45, 2.75) is 18.9 Å². The molecule has 1 amide bonds. The monoisotopic (exact) mass is 236 g/mol. The third kappa shape index (κ3) is 2.68. The van der Waals surface area contributed by atoms with Crippen LogP contribution in [0.4, 0.5) is 0 Å². The average molecular weight is 236 g/mol. The topological polar surface area (TPSA) is 95.6 Å². The van der Waals surface area contributed by atoms with E-state index in [1.165, 1.54) is 18.2 Å². The number of hydrogen-bond donors (Lipinski definition) is 4. The van der Waals surface area contributed by atoms with E-state index < -0.39 is 5.91 Å². The van der Waals surface area contributed by atoms with Crippen molar-refractivity contribution in [2.24, 2.45) is 11.7 Å². The Morgan fingerprint density at radius 3 is 2.76 bits per heavy atom. The number of carbonyl (C=O) groups excluding carboxylic acids is 1. The number of hydrogen-bond acceptors (Lipinski definition) is 4. The van der Waals surface area contributed by atoms with Crippen LogP contribution >= 0.6 is 0 Å². The van der Waals surface area contributed by atoms with Crippen LogP contribution in [0.15, 0.2) is 18.2 Å². The molecule has 0 spiro atoms. The second-order valence-corrected chi connectivity index (χ2v) is 4.35. The fourth-order valence-electron chi connectivity index (χ4n) is 1.82. The molecule has 0 bridgehead atoms. The predicted molar refractivity (Wildman–Crippen MR) is 62.8 cm³/mol. The van der Waals surface area contributed by atoms with Gasteiger partial charge in [0.05, 0.1) is 5.56 Å². The number of phenolic OH excluding ortho intramolecular Hbond substituents is 2. The van der Waals surface area contributed by atoms with Gasteiger partial charge in [-0.2, -0.15) is 0 Å². The Kier molecular flexibility index (Phi) is 3.19. The van der Waals surface area contributed by atoms with E-state index in [1.54, 1.807) is 0 Å². The first-order chi connectivity index (χ1) is 8.11. The lowest BCUT2D eigenvalue weighted by molar-refractivity contribution is 0.0930. The van der Waals surface area contributed by atoms with Crippen molar-refractivity contribution in [3.05, 3.63) is 23.8 Å². The molecule has 92 valence electrons. The second kappa shape index (κ2) is 4.63. The van der Waals surface area contributed by atoms with Crippen molar-refractivity contribution in [3.63, 3.8) is 0 Å². The van der Waals surface area contributed by atoms with Crippen LogP contribution in [0.25, 0.3) is 0 Å². The van der Waals surface area contributed by atoms with Crippen LogP contribution in [-0.2, 0) is 0 Å². The normalized spacial score (nSPS) is 16.5. The SMILES string of the molecule is NCC(NC(=O)c1cc(O)ccc1O)C1CC1. The molecule has 1 aliphatic carbocycles. The van der Waals surface area contributed by atoms with Gasteiger partial charge in [-0.05, 0) is 37.0 Å². The van der Waals surface area contributed by atoms with E-state index >= 15 is 0 Å². The molecule has 1 saturated carbocycles. The number of phenols is 2. The van der Waals surface area contributed by atoms with Gasteiger partial charge in [-0.25, -0.2) is 0 Å². The second-order valence-electron chi connectivity index (χ2n) is 4.35. The molecular formula is C12H16N2O3. The molecule has 1 fully saturated rings. The van der Waals surface area contributed by atoms with E-state index in [-0.39, 0.29) is 23.1 Å². The van der Waals surface area contributed by atoms with Gasteiger partial charge in [-0.15, -0.1) is 0 Å². The van der Waals surface area contributed by atoms with E-state index in [0.717, 1.165) is 12.8 Å². The minimum absolute atomic E-state index is 0.0516. The Bertz CT molecular complexity index is 430. The Morgan fingerprint density at radius 1 is 1.47 bits per heavy atom. The molecule has 1 aromatic rings.